The highest BCUT2D eigenvalue weighted by Crippen LogP contribution is 2.48. The Morgan fingerprint density at radius 3 is 2.00 bits per heavy atom. The minimum absolute atomic E-state index is 0.259. The molecule has 1 aromatic heterocycles. The van der Waals surface area contributed by atoms with Crippen LogP contribution in [0.2, 0.25) is 0 Å². The largest absolute Gasteiger partial charge is 0.507 e. The number of halogens is 1. The molecule has 4 aromatic rings. The molecule has 0 amide bonds. The lowest BCUT2D eigenvalue weighted by atomic mass is 9.86. The lowest BCUT2D eigenvalue weighted by molar-refractivity contribution is 0.454. The molecule has 0 spiro atoms. The van der Waals surface area contributed by atoms with Crippen molar-refractivity contribution in [3.8, 4) is 16.9 Å². The summed E-state index contributed by atoms with van der Waals surface area (Å²) in [5, 5.41) is 14.7. The van der Waals surface area contributed by atoms with Gasteiger partial charge in [0.15, 0.2) is 0 Å². The Labute approximate surface area is 185 Å². The second kappa shape index (κ2) is 7.45. The van der Waals surface area contributed by atoms with Gasteiger partial charge in [-0.1, -0.05) is 52.0 Å². The first kappa shape index (κ1) is 20.4. The van der Waals surface area contributed by atoms with E-state index >= 15 is 0 Å². The molecular formula is C26H27BrOS. The summed E-state index contributed by atoms with van der Waals surface area (Å²) in [6.07, 6.45) is 0. The molecule has 0 aliphatic heterocycles. The highest BCUT2D eigenvalue weighted by Gasteiger charge is 2.22. The number of benzene rings is 3. The summed E-state index contributed by atoms with van der Waals surface area (Å²) >= 11 is 5.75. The highest BCUT2D eigenvalue weighted by atomic mass is 79.9. The maximum atomic E-state index is 10.9. The van der Waals surface area contributed by atoms with Crippen molar-refractivity contribution in [2.75, 3.05) is 0 Å². The molecule has 1 nitrogen and oxygen atoms in total. The van der Waals surface area contributed by atoms with Crippen LogP contribution in [0.5, 0.6) is 5.75 Å². The zero-order valence-electron chi connectivity index (χ0n) is 17.9. The van der Waals surface area contributed by atoms with E-state index in [1.165, 1.54) is 46.9 Å². The standard InChI is InChI=1S/C26H27BrOS/c1-13(2)20-11-17(12-21(14(3)4)25(20)28)23-18-9-7-8-10-19(18)24(27)26-22(23)15(5)16(6)29-26/h7-14,28H,1-6H3. The van der Waals surface area contributed by atoms with E-state index in [-0.39, 0.29) is 11.8 Å². The third kappa shape index (κ3) is 3.19. The summed E-state index contributed by atoms with van der Waals surface area (Å²) in [5.41, 5.74) is 5.87. The number of hydrogen-bond acceptors (Lipinski definition) is 2. The molecule has 3 aromatic carbocycles. The maximum Gasteiger partial charge on any atom is 0.122 e. The van der Waals surface area contributed by atoms with Crippen molar-refractivity contribution in [1.82, 2.24) is 0 Å². The number of aryl methyl sites for hydroxylation is 2. The van der Waals surface area contributed by atoms with Gasteiger partial charge >= 0.3 is 0 Å². The van der Waals surface area contributed by atoms with Crippen molar-refractivity contribution in [3.63, 3.8) is 0 Å². The summed E-state index contributed by atoms with van der Waals surface area (Å²) in [7, 11) is 0. The fraction of sp³-hybridized carbons (Fsp3) is 0.308. The van der Waals surface area contributed by atoms with Crippen LogP contribution in [0.4, 0.5) is 0 Å². The van der Waals surface area contributed by atoms with Crippen LogP contribution < -0.4 is 0 Å². The number of fused-ring (bicyclic) bond motifs is 2. The number of rotatable bonds is 3. The Morgan fingerprint density at radius 2 is 1.45 bits per heavy atom. The average Bonchev–Trinajstić information content (AvgIpc) is 2.98. The van der Waals surface area contributed by atoms with Crippen LogP contribution in [0.1, 0.15) is 61.1 Å². The topological polar surface area (TPSA) is 20.2 Å². The molecule has 3 heteroatoms. The summed E-state index contributed by atoms with van der Waals surface area (Å²) < 4.78 is 2.49. The van der Waals surface area contributed by atoms with Crippen molar-refractivity contribution in [3.05, 3.63) is 62.4 Å². The molecule has 0 aliphatic rings. The Hall–Kier alpha value is -1.84. The van der Waals surface area contributed by atoms with Gasteiger partial charge < -0.3 is 5.11 Å². The molecule has 4 rings (SSSR count). The van der Waals surface area contributed by atoms with Gasteiger partial charge in [-0.3, -0.25) is 0 Å². The molecule has 1 heterocycles. The summed E-state index contributed by atoms with van der Waals surface area (Å²) in [6.45, 7) is 13.0. The molecule has 0 radical (unpaired) electrons. The van der Waals surface area contributed by atoms with Crippen molar-refractivity contribution in [2.45, 2.75) is 53.4 Å². The zero-order valence-corrected chi connectivity index (χ0v) is 20.3. The number of aromatic hydroxyl groups is 1. The van der Waals surface area contributed by atoms with Gasteiger partial charge in [0.1, 0.15) is 5.75 Å². The zero-order chi connectivity index (χ0) is 21.0. The van der Waals surface area contributed by atoms with Crippen molar-refractivity contribution >= 4 is 48.1 Å². The number of hydrogen-bond donors (Lipinski definition) is 1. The Bertz CT molecular complexity index is 1220. The average molecular weight is 467 g/mol. The van der Waals surface area contributed by atoms with Crippen molar-refractivity contribution in [2.24, 2.45) is 0 Å². The van der Waals surface area contributed by atoms with Crippen LogP contribution in [0.3, 0.4) is 0 Å². The Balaban J connectivity index is 2.23. The van der Waals surface area contributed by atoms with Crippen molar-refractivity contribution in [1.29, 1.82) is 0 Å². The van der Waals surface area contributed by atoms with E-state index in [1.807, 2.05) is 11.3 Å². The van der Waals surface area contributed by atoms with E-state index in [9.17, 15) is 5.11 Å². The molecule has 0 atom stereocenters. The smallest absolute Gasteiger partial charge is 0.122 e. The normalized spacial score (nSPS) is 12.0. The van der Waals surface area contributed by atoms with E-state index in [1.54, 1.807) is 0 Å². The van der Waals surface area contributed by atoms with Gasteiger partial charge in [0, 0.05) is 14.7 Å². The predicted molar refractivity (Wildman–Crippen MR) is 132 cm³/mol. The fourth-order valence-corrected chi connectivity index (χ4v) is 6.14. The van der Waals surface area contributed by atoms with E-state index in [2.05, 4.69) is 93.9 Å². The van der Waals surface area contributed by atoms with Gasteiger partial charge in [-0.2, -0.15) is 0 Å². The molecule has 0 fully saturated rings. The minimum Gasteiger partial charge on any atom is -0.507 e. The monoisotopic (exact) mass is 466 g/mol. The van der Waals surface area contributed by atoms with Gasteiger partial charge in [-0.15, -0.1) is 11.3 Å². The van der Waals surface area contributed by atoms with Gasteiger partial charge in [-0.25, -0.2) is 0 Å². The van der Waals surface area contributed by atoms with Gasteiger partial charge in [0.25, 0.3) is 0 Å². The maximum absolute atomic E-state index is 10.9. The molecule has 0 aliphatic carbocycles. The quantitative estimate of drug-likeness (QED) is 0.319. The number of phenolic OH excluding ortho intramolecular Hbond substituents is 1. The Morgan fingerprint density at radius 1 is 0.897 bits per heavy atom. The molecular weight excluding hydrogens is 440 g/mol. The van der Waals surface area contributed by atoms with Crippen LogP contribution in [0, 0.1) is 13.8 Å². The summed E-state index contributed by atoms with van der Waals surface area (Å²) in [5.74, 6) is 0.972. The lowest BCUT2D eigenvalue weighted by Crippen LogP contribution is -1.98. The fourth-order valence-electron chi connectivity index (χ4n) is 4.24. The van der Waals surface area contributed by atoms with Crippen LogP contribution in [-0.4, -0.2) is 5.11 Å². The van der Waals surface area contributed by atoms with Crippen molar-refractivity contribution < 1.29 is 5.11 Å². The van der Waals surface area contributed by atoms with Crippen LogP contribution in [0.15, 0.2) is 40.9 Å². The number of phenols is 1. The van der Waals surface area contributed by atoms with Gasteiger partial charge in [0.05, 0.1) is 4.70 Å². The van der Waals surface area contributed by atoms with Gasteiger partial charge in [-0.05, 0) is 92.3 Å². The summed E-state index contributed by atoms with van der Waals surface area (Å²) in [6, 6.07) is 13.0. The molecule has 1 N–H and O–H groups in total. The third-order valence-electron chi connectivity index (χ3n) is 5.97. The first-order valence-corrected chi connectivity index (χ1v) is 11.8. The highest BCUT2D eigenvalue weighted by molar-refractivity contribution is 9.11. The molecule has 0 unspecified atom stereocenters. The van der Waals surface area contributed by atoms with Gasteiger partial charge in [0.2, 0.25) is 0 Å². The molecule has 150 valence electrons. The molecule has 29 heavy (non-hydrogen) atoms. The molecule has 0 saturated heterocycles. The van der Waals surface area contributed by atoms with E-state index in [4.69, 9.17) is 0 Å². The van der Waals surface area contributed by atoms with Crippen LogP contribution in [-0.2, 0) is 0 Å². The van der Waals surface area contributed by atoms with E-state index in [0.29, 0.717) is 5.75 Å². The third-order valence-corrected chi connectivity index (χ3v) is 8.28. The summed E-state index contributed by atoms with van der Waals surface area (Å²) in [4.78, 5) is 1.35. The first-order valence-electron chi connectivity index (χ1n) is 10.2. The van der Waals surface area contributed by atoms with E-state index < -0.39 is 0 Å². The Kier molecular flexibility index (Phi) is 5.25. The SMILES string of the molecule is Cc1sc2c(Br)c3ccccc3c(-c3cc(C(C)C)c(O)c(C(C)C)c3)c2c1C. The van der Waals surface area contributed by atoms with Crippen LogP contribution >= 0.6 is 27.3 Å². The first-order chi connectivity index (χ1) is 13.7. The van der Waals surface area contributed by atoms with E-state index in [0.717, 1.165) is 11.1 Å². The second-order valence-electron chi connectivity index (χ2n) is 8.53. The minimum atomic E-state index is 0.259. The lowest BCUT2D eigenvalue weighted by Gasteiger charge is -2.20. The second-order valence-corrected chi connectivity index (χ2v) is 10.6. The number of thiophene rings is 1. The predicted octanol–water partition coefficient (Wildman–Crippen LogP) is 9.05. The molecule has 0 saturated carbocycles. The molecule has 0 bridgehead atoms. The van der Waals surface area contributed by atoms with Crippen LogP contribution in [0.25, 0.3) is 32.0 Å².